The first-order valence-corrected chi connectivity index (χ1v) is 9.87. The van der Waals surface area contributed by atoms with Gasteiger partial charge in [0.05, 0.1) is 23.4 Å². The minimum Gasteiger partial charge on any atom is -0.497 e. The summed E-state index contributed by atoms with van der Waals surface area (Å²) in [6, 6.07) is 23.6. The number of nitro groups is 1. The quantitative estimate of drug-likeness (QED) is 0.262. The molecular weight excluding hydrogens is 446 g/mol. The van der Waals surface area contributed by atoms with Crippen LogP contribution in [0.15, 0.2) is 83.3 Å². The van der Waals surface area contributed by atoms with E-state index in [1.54, 1.807) is 19.2 Å². The number of halogens is 1. The number of benzene rings is 3. The predicted octanol–water partition coefficient (Wildman–Crippen LogP) is 6.16. The molecule has 3 aromatic carbocycles. The summed E-state index contributed by atoms with van der Waals surface area (Å²) in [5.74, 6) is 1.33. The predicted molar refractivity (Wildman–Crippen MR) is 119 cm³/mol. The van der Waals surface area contributed by atoms with E-state index < -0.39 is 4.92 Å². The molecule has 0 saturated heterocycles. The summed E-state index contributed by atoms with van der Waals surface area (Å²) in [6.07, 6.45) is 0. The van der Waals surface area contributed by atoms with Crippen LogP contribution >= 0.6 is 15.9 Å². The normalized spacial score (nSPS) is 10.6. The molecule has 0 N–H and O–H groups in total. The molecule has 6 nitrogen and oxygen atoms in total. The summed E-state index contributed by atoms with van der Waals surface area (Å²) < 4.78 is 6.17. The lowest BCUT2D eigenvalue weighted by atomic mass is 10.1. The van der Waals surface area contributed by atoms with E-state index in [-0.39, 0.29) is 5.69 Å². The van der Waals surface area contributed by atoms with E-state index in [0.717, 1.165) is 32.6 Å². The fourth-order valence-electron chi connectivity index (χ4n) is 3.02. The second kappa shape index (κ2) is 8.42. The van der Waals surface area contributed by atoms with Crippen molar-refractivity contribution in [1.29, 1.82) is 0 Å². The number of nitro benzene ring substituents is 1. The monoisotopic (exact) mass is 461 g/mol. The van der Waals surface area contributed by atoms with E-state index in [4.69, 9.17) is 14.7 Å². The van der Waals surface area contributed by atoms with Crippen LogP contribution in [0.2, 0.25) is 0 Å². The molecule has 0 unspecified atom stereocenters. The van der Waals surface area contributed by atoms with Gasteiger partial charge in [-0.3, -0.25) is 10.1 Å². The molecule has 30 heavy (non-hydrogen) atoms. The lowest BCUT2D eigenvalue weighted by molar-refractivity contribution is -0.384. The van der Waals surface area contributed by atoms with Gasteiger partial charge in [0, 0.05) is 33.3 Å². The molecule has 1 heterocycles. The highest BCUT2D eigenvalue weighted by Crippen LogP contribution is 2.30. The number of aromatic nitrogens is 2. The molecule has 0 aliphatic heterocycles. The Morgan fingerprint density at radius 2 is 1.43 bits per heavy atom. The van der Waals surface area contributed by atoms with Gasteiger partial charge in [0.25, 0.3) is 5.69 Å². The van der Waals surface area contributed by atoms with Crippen LogP contribution in [0.25, 0.3) is 33.9 Å². The molecule has 0 bridgehead atoms. The van der Waals surface area contributed by atoms with Crippen molar-refractivity contribution in [1.82, 2.24) is 9.97 Å². The molecule has 148 valence electrons. The van der Waals surface area contributed by atoms with Crippen LogP contribution in [0, 0.1) is 10.1 Å². The number of methoxy groups -OCH3 is 1. The highest BCUT2D eigenvalue weighted by molar-refractivity contribution is 9.10. The van der Waals surface area contributed by atoms with Crippen molar-refractivity contribution in [2.75, 3.05) is 7.11 Å². The Kier molecular flexibility index (Phi) is 5.54. The molecule has 0 atom stereocenters. The molecule has 1 aromatic heterocycles. The molecule has 0 spiro atoms. The SMILES string of the molecule is COc1ccc(-c2cc(-c3ccc([N+](=O)[O-])cc3)nc(-c3cccc(Br)c3)n2)cc1. The van der Waals surface area contributed by atoms with Crippen LogP contribution in [-0.2, 0) is 0 Å². The fourth-order valence-corrected chi connectivity index (χ4v) is 3.41. The molecule has 0 aliphatic carbocycles. The van der Waals surface area contributed by atoms with E-state index in [2.05, 4.69) is 15.9 Å². The average molecular weight is 462 g/mol. The highest BCUT2D eigenvalue weighted by Gasteiger charge is 2.12. The van der Waals surface area contributed by atoms with Gasteiger partial charge < -0.3 is 4.74 Å². The second-order valence-electron chi connectivity index (χ2n) is 6.50. The number of non-ortho nitro benzene ring substituents is 1. The van der Waals surface area contributed by atoms with E-state index in [9.17, 15) is 10.1 Å². The number of hydrogen-bond donors (Lipinski definition) is 0. The first-order valence-electron chi connectivity index (χ1n) is 9.08. The Bertz CT molecular complexity index is 1210. The summed E-state index contributed by atoms with van der Waals surface area (Å²) in [7, 11) is 1.62. The molecular formula is C23H16BrN3O3. The Morgan fingerprint density at radius 1 is 0.833 bits per heavy atom. The number of ether oxygens (including phenoxy) is 1. The van der Waals surface area contributed by atoms with Gasteiger partial charge in [-0.15, -0.1) is 0 Å². The van der Waals surface area contributed by atoms with Crippen LogP contribution < -0.4 is 4.74 Å². The van der Waals surface area contributed by atoms with Crippen molar-refractivity contribution in [3.05, 3.63) is 93.4 Å². The van der Waals surface area contributed by atoms with E-state index >= 15 is 0 Å². The molecule has 0 radical (unpaired) electrons. The van der Waals surface area contributed by atoms with Gasteiger partial charge in [-0.25, -0.2) is 9.97 Å². The summed E-state index contributed by atoms with van der Waals surface area (Å²) in [6.45, 7) is 0. The maximum atomic E-state index is 11.0. The van der Waals surface area contributed by atoms with Gasteiger partial charge in [0.2, 0.25) is 0 Å². The first kappa shape index (κ1) is 19.7. The van der Waals surface area contributed by atoms with E-state index in [1.165, 1.54) is 12.1 Å². The Hall–Kier alpha value is -3.58. The van der Waals surface area contributed by atoms with Crippen LogP contribution in [-0.4, -0.2) is 22.0 Å². The van der Waals surface area contributed by atoms with Crippen LogP contribution in [0.5, 0.6) is 5.75 Å². The van der Waals surface area contributed by atoms with Gasteiger partial charge in [-0.1, -0.05) is 28.1 Å². The van der Waals surface area contributed by atoms with Crippen molar-refractivity contribution >= 4 is 21.6 Å². The minimum atomic E-state index is -0.417. The van der Waals surface area contributed by atoms with E-state index in [1.807, 2.05) is 54.6 Å². The van der Waals surface area contributed by atoms with Crippen molar-refractivity contribution in [3.63, 3.8) is 0 Å². The van der Waals surface area contributed by atoms with Gasteiger partial charge in [-0.2, -0.15) is 0 Å². The van der Waals surface area contributed by atoms with Crippen LogP contribution in [0.1, 0.15) is 0 Å². The Labute approximate surface area is 181 Å². The van der Waals surface area contributed by atoms with Crippen molar-refractivity contribution in [3.8, 4) is 39.7 Å². The van der Waals surface area contributed by atoms with Crippen molar-refractivity contribution < 1.29 is 9.66 Å². The zero-order valence-electron chi connectivity index (χ0n) is 15.9. The summed E-state index contributed by atoms with van der Waals surface area (Å²) >= 11 is 3.49. The molecule has 4 aromatic rings. The molecule has 7 heteroatoms. The Morgan fingerprint density at radius 3 is 1.97 bits per heavy atom. The molecule has 0 amide bonds. The summed E-state index contributed by atoms with van der Waals surface area (Å²) in [5.41, 5.74) is 4.02. The third-order valence-corrected chi connectivity index (χ3v) is 5.06. The van der Waals surface area contributed by atoms with Gasteiger partial charge >= 0.3 is 0 Å². The van der Waals surface area contributed by atoms with Gasteiger partial charge in [-0.05, 0) is 54.6 Å². The van der Waals surface area contributed by atoms with Crippen molar-refractivity contribution in [2.24, 2.45) is 0 Å². The minimum absolute atomic E-state index is 0.0374. The number of rotatable bonds is 5. The smallest absolute Gasteiger partial charge is 0.269 e. The zero-order chi connectivity index (χ0) is 21.1. The summed E-state index contributed by atoms with van der Waals surface area (Å²) in [4.78, 5) is 20.0. The Balaban J connectivity index is 1.86. The maximum Gasteiger partial charge on any atom is 0.269 e. The lowest BCUT2D eigenvalue weighted by Gasteiger charge is -2.10. The largest absolute Gasteiger partial charge is 0.497 e. The van der Waals surface area contributed by atoms with Gasteiger partial charge in [0.15, 0.2) is 5.82 Å². The summed E-state index contributed by atoms with van der Waals surface area (Å²) in [5, 5.41) is 11.0. The van der Waals surface area contributed by atoms with Gasteiger partial charge in [0.1, 0.15) is 5.75 Å². The standard InChI is InChI=1S/C23H16BrN3O3/c1-30-20-11-7-16(8-12-20)22-14-21(15-5-9-19(10-6-15)27(28)29)25-23(26-22)17-3-2-4-18(24)13-17/h2-14H,1H3. The molecule has 0 saturated carbocycles. The first-order chi connectivity index (χ1) is 14.5. The molecule has 0 fully saturated rings. The van der Waals surface area contributed by atoms with Crippen molar-refractivity contribution in [2.45, 2.75) is 0 Å². The lowest BCUT2D eigenvalue weighted by Crippen LogP contribution is -1.96. The number of hydrogen-bond acceptors (Lipinski definition) is 5. The highest BCUT2D eigenvalue weighted by atomic mass is 79.9. The third kappa shape index (κ3) is 4.21. The molecule has 4 rings (SSSR count). The van der Waals surface area contributed by atoms with Crippen LogP contribution in [0.3, 0.4) is 0 Å². The second-order valence-corrected chi connectivity index (χ2v) is 7.42. The zero-order valence-corrected chi connectivity index (χ0v) is 17.5. The van der Waals surface area contributed by atoms with Crippen LogP contribution in [0.4, 0.5) is 5.69 Å². The van der Waals surface area contributed by atoms with E-state index in [0.29, 0.717) is 11.5 Å². The fraction of sp³-hybridized carbons (Fsp3) is 0.0435. The maximum absolute atomic E-state index is 11.0. The topological polar surface area (TPSA) is 78.2 Å². The number of nitrogens with zero attached hydrogens (tertiary/aromatic N) is 3. The average Bonchev–Trinajstić information content (AvgIpc) is 2.79. The molecule has 0 aliphatic rings. The third-order valence-electron chi connectivity index (χ3n) is 4.57.